The van der Waals surface area contributed by atoms with Gasteiger partial charge < -0.3 is 29.9 Å². The molecule has 3 aliphatic carbocycles. The summed E-state index contributed by atoms with van der Waals surface area (Å²) < 4.78 is 12.0. The fraction of sp³-hybridized carbons (Fsp3) is 0.929. The van der Waals surface area contributed by atoms with Crippen LogP contribution in [0.1, 0.15) is 86.5 Å². The maximum atomic E-state index is 10.5. The second-order valence-corrected chi connectivity index (χ2v) is 12.9. The van der Waals surface area contributed by atoms with E-state index in [2.05, 4.69) is 47.6 Å². The number of aliphatic hydroxyl groups excluding tert-OH is 4. The van der Waals surface area contributed by atoms with Crippen molar-refractivity contribution in [3.05, 3.63) is 11.6 Å². The van der Waals surface area contributed by atoms with Crippen molar-refractivity contribution >= 4 is 0 Å². The predicted molar refractivity (Wildman–Crippen MR) is 131 cm³/mol. The zero-order chi connectivity index (χ0) is 25.1. The largest absolute Gasteiger partial charge is 0.394 e. The van der Waals surface area contributed by atoms with Crippen molar-refractivity contribution < 1.29 is 29.9 Å². The van der Waals surface area contributed by atoms with Crippen LogP contribution in [0.15, 0.2) is 11.6 Å². The summed E-state index contributed by atoms with van der Waals surface area (Å²) in [5.41, 5.74) is 2.08. The summed E-state index contributed by atoms with van der Waals surface area (Å²) in [6.07, 6.45) is 4.34. The molecule has 0 spiro atoms. The van der Waals surface area contributed by atoms with Gasteiger partial charge in [-0.1, -0.05) is 59.6 Å². The molecule has 1 heterocycles. The van der Waals surface area contributed by atoms with E-state index in [9.17, 15) is 20.4 Å². The maximum absolute atomic E-state index is 10.5. The van der Waals surface area contributed by atoms with Gasteiger partial charge in [-0.05, 0) is 72.5 Å². The van der Waals surface area contributed by atoms with Crippen LogP contribution in [0.4, 0.5) is 0 Å². The standard InChI is InChI=1S/C28H48O6/c1-7-16(2)27(5)12-10-18-17(14-27)8-9-20-26(3,4)21(11-13-28(18,20)6)34-25-24(32)23(31)22(30)19(15-29)33-25/h14,16,18-25,29-32H,7-13,15H2,1-6H3/t16-,18+,19-,20+,21+,22-,23+,24-,25?,27-,28-/m0/s1. The molecule has 0 bridgehead atoms. The predicted octanol–water partition coefficient (Wildman–Crippen LogP) is 3.80. The first-order valence-electron chi connectivity index (χ1n) is 13.6. The lowest BCUT2D eigenvalue weighted by Crippen LogP contribution is -2.62. The lowest BCUT2D eigenvalue weighted by molar-refractivity contribution is -0.327. The first-order chi connectivity index (χ1) is 15.9. The van der Waals surface area contributed by atoms with Crippen molar-refractivity contribution in [2.75, 3.05) is 6.61 Å². The van der Waals surface area contributed by atoms with Crippen molar-refractivity contribution in [2.45, 2.75) is 123 Å². The molecule has 3 fully saturated rings. The topological polar surface area (TPSA) is 99.4 Å². The van der Waals surface area contributed by atoms with Crippen LogP contribution in [0, 0.1) is 34.0 Å². The molecular formula is C28H48O6. The number of hydrogen-bond donors (Lipinski definition) is 4. The normalized spacial score (nSPS) is 49.5. The molecule has 11 atom stereocenters. The summed E-state index contributed by atoms with van der Waals surface area (Å²) in [6.45, 7) is 13.8. The molecule has 1 aliphatic heterocycles. The van der Waals surface area contributed by atoms with Gasteiger partial charge in [0.1, 0.15) is 24.4 Å². The smallest absolute Gasteiger partial charge is 0.186 e. The Morgan fingerprint density at radius 1 is 1.03 bits per heavy atom. The van der Waals surface area contributed by atoms with Crippen molar-refractivity contribution in [1.29, 1.82) is 0 Å². The van der Waals surface area contributed by atoms with Crippen molar-refractivity contribution in [3.63, 3.8) is 0 Å². The zero-order valence-electron chi connectivity index (χ0n) is 22.0. The summed E-state index contributed by atoms with van der Waals surface area (Å²) in [7, 11) is 0. The lowest BCUT2D eigenvalue weighted by atomic mass is 9.44. The summed E-state index contributed by atoms with van der Waals surface area (Å²) in [6, 6.07) is 0. The molecule has 1 saturated heterocycles. The third-order valence-corrected chi connectivity index (χ3v) is 10.8. The molecule has 6 heteroatoms. The highest BCUT2D eigenvalue weighted by Crippen LogP contribution is 2.64. The average molecular weight is 481 g/mol. The van der Waals surface area contributed by atoms with E-state index in [1.54, 1.807) is 5.57 Å². The molecule has 0 aromatic rings. The highest BCUT2D eigenvalue weighted by Gasteiger charge is 2.59. The van der Waals surface area contributed by atoms with E-state index in [0.29, 0.717) is 23.2 Å². The third kappa shape index (κ3) is 4.20. The first kappa shape index (κ1) is 26.6. The Kier molecular flexibility index (Phi) is 7.36. The molecule has 0 radical (unpaired) electrons. The van der Waals surface area contributed by atoms with Gasteiger partial charge in [0, 0.05) is 0 Å². The second kappa shape index (κ2) is 9.42. The molecule has 4 aliphatic rings. The van der Waals surface area contributed by atoms with E-state index in [1.165, 1.54) is 19.3 Å². The van der Waals surface area contributed by atoms with E-state index < -0.39 is 37.3 Å². The molecule has 4 rings (SSSR count). The van der Waals surface area contributed by atoms with E-state index in [0.717, 1.165) is 25.7 Å². The molecule has 1 unspecified atom stereocenters. The quantitative estimate of drug-likeness (QED) is 0.353. The highest BCUT2D eigenvalue weighted by molar-refractivity contribution is 5.25. The van der Waals surface area contributed by atoms with Crippen LogP contribution in [0.3, 0.4) is 0 Å². The molecule has 0 amide bonds. The van der Waals surface area contributed by atoms with Crippen LogP contribution in [0.5, 0.6) is 0 Å². The van der Waals surface area contributed by atoms with Gasteiger partial charge in [-0.3, -0.25) is 0 Å². The van der Waals surface area contributed by atoms with Gasteiger partial charge in [-0.15, -0.1) is 0 Å². The van der Waals surface area contributed by atoms with Gasteiger partial charge in [-0.2, -0.15) is 0 Å². The Morgan fingerprint density at radius 3 is 2.38 bits per heavy atom. The molecule has 196 valence electrons. The van der Waals surface area contributed by atoms with Crippen LogP contribution in [-0.2, 0) is 9.47 Å². The Morgan fingerprint density at radius 2 is 1.74 bits per heavy atom. The minimum atomic E-state index is -1.41. The summed E-state index contributed by atoms with van der Waals surface area (Å²) in [5, 5.41) is 40.4. The monoisotopic (exact) mass is 480 g/mol. The highest BCUT2D eigenvalue weighted by atomic mass is 16.7. The Labute approximate surface area is 205 Å². The summed E-state index contributed by atoms with van der Waals surface area (Å²) in [4.78, 5) is 0. The summed E-state index contributed by atoms with van der Waals surface area (Å²) in [5.74, 6) is 1.81. The maximum Gasteiger partial charge on any atom is 0.186 e. The Balaban J connectivity index is 1.53. The van der Waals surface area contributed by atoms with E-state index in [4.69, 9.17) is 9.47 Å². The van der Waals surface area contributed by atoms with Gasteiger partial charge in [0.05, 0.1) is 12.7 Å². The van der Waals surface area contributed by atoms with E-state index in [-0.39, 0.29) is 16.9 Å². The fourth-order valence-electron chi connectivity index (χ4n) is 8.17. The Hall–Kier alpha value is -0.500. The minimum absolute atomic E-state index is 0.130. The van der Waals surface area contributed by atoms with Crippen LogP contribution in [0.2, 0.25) is 0 Å². The second-order valence-electron chi connectivity index (χ2n) is 12.9. The van der Waals surface area contributed by atoms with Crippen molar-refractivity contribution in [1.82, 2.24) is 0 Å². The SMILES string of the molecule is CC[C@H](C)[C@]1(C)C=C2CC[C@@H]3C(C)(C)[C@H](OC4O[C@@H](CO)[C@H](O)[C@@H](O)[C@@H]4O)CC[C@@]3(C)[C@@H]2CC1. The molecule has 4 N–H and O–H groups in total. The van der Waals surface area contributed by atoms with E-state index >= 15 is 0 Å². The Bertz CT molecular complexity index is 764. The van der Waals surface area contributed by atoms with Crippen LogP contribution < -0.4 is 0 Å². The minimum Gasteiger partial charge on any atom is -0.394 e. The summed E-state index contributed by atoms with van der Waals surface area (Å²) >= 11 is 0. The van der Waals surface area contributed by atoms with Gasteiger partial charge in [-0.25, -0.2) is 0 Å². The van der Waals surface area contributed by atoms with Crippen LogP contribution in [-0.4, -0.2) is 63.8 Å². The van der Waals surface area contributed by atoms with Crippen molar-refractivity contribution in [3.8, 4) is 0 Å². The molecule has 0 aromatic carbocycles. The number of hydrogen-bond acceptors (Lipinski definition) is 6. The lowest BCUT2D eigenvalue weighted by Gasteiger charge is -2.62. The van der Waals surface area contributed by atoms with Gasteiger partial charge >= 0.3 is 0 Å². The van der Waals surface area contributed by atoms with Crippen LogP contribution >= 0.6 is 0 Å². The van der Waals surface area contributed by atoms with E-state index in [1.807, 2.05) is 0 Å². The first-order valence-corrected chi connectivity index (χ1v) is 13.6. The average Bonchev–Trinajstić information content (AvgIpc) is 2.80. The number of ether oxygens (including phenoxy) is 2. The zero-order valence-corrected chi connectivity index (χ0v) is 22.0. The van der Waals surface area contributed by atoms with Gasteiger partial charge in [0.15, 0.2) is 6.29 Å². The van der Waals surface area contributed by atoms with Gasteiger partial charge in [0.2, 0.25) is 0 Å². The molecule has 2 saturated carbocycles. The molecule has 6 nitrogen and oxygen atoms in total. The number of rotatable bonds is 5. The number of allylic oxidation sites excluding steroid dienone is 2. The number of fused-ring (bicyclic) bond motifs is 3. The number of aliphatic hydroxyl groups is 4. The molecule has 0 aromatic heterocycles. The molecule has 34 heavy (non-hydrogen) atoms. The van der Waals surface area contributed by atoms with Gasteiger partial charge in [0.25, 0.3) is 0 Å². The van der Waals surface area contributed by atoms with Crippen molar-refractivity contribution in [2.24, 2.45) is 34.0 Å². The molecular weight excluding hydrogens is 432 g/mol. The fourth-order valence-corrected chi connectivity index (χ4v) is 8.17. The third-order valence-electron chi connectivity index (χ3n) is 10.8. The van der Waals surface area contributed by atoms with Crippen LogP contribution in [0.25, 0.3) is 0 Å².